The average molecular weight is 404 g/mol. The number of carbonyl (C=O) groups is 1. The van der Waals surface area contributed by atoms with Crippen LogP contribution in [-0.2, 0) is 11.4 Å². The second-order valence-electron chi connectivity index (χ2n) is 6.60. The van der Waals surface area contributed by atoms with Crippen LogP contribution in [0.5, 0.6) is 17.2 Å². The summed E-state index contributed by atoms with van der Waals surface area (Å²) in [6, 6.07) is 22.7. The quantitative estimate of drug-likeness (QED) is 0.430. The Bertz CT molecular complexity index is 966. The van der Waals surface area contributed by atoms with Crippen LogP contribution in [0.25, 0.3) is 0 Å². The minimum absolute atomic E-state index is 0.130. The fourth-order valence-electron chi connectivity index (χ4n) is 2.53. The number of methoxy groups -OCH3 is 1. The van der Waals surface area contributed by atoms with Crippen molar-refractivity contribution in [1.82, 2.24) is 5.43 Å². The zero-order chi connectivity index (χ0) is 21.2. The van der Waals surface area contributed by atoms with Crippen molar-refractivity contribution in [2.45, 2.75) is 13.5 Å². The third-order valence-corrected chi connectivity index (χ3v) is 4.24. The summed E-state index contributed by atoms with van der Waals surface area (Å²) in [6.45, 7) is 2.44. The highest BCUT2D eigenvalue weighted by molar-refractivity contribution is 5.83. The Hall–Kier alpha value is -3.80. The molecule has 0 saturated heterocycles. The van der Waals surface area contributed by atoms with Gasteiger partial charge < -0.3 is 14.2 Å². The van der Waals surface area contributed by atoms with E-state index in [0.717, 1.165) is 22.6 Å². The van der Waals surface area contributed by atoms with E-state index in [2.05, 4.69) is 41.7 Å². The lowest BCUT2D eigenvalue weighted by Gasteiger charge is -2.07. The summed E-state index contributed by atoms with van der Waals surface area (Å²) in [4.78, 5) is 11.8. The van der Waals surface area contributed by atoms with Crippen molar-refractivity contribution in [3.8, 4) is 17.2 Å². The molecule has 3 aromatic carbocycles. The minimum Gasteiger partial charge on any atom is -0.497 e. The van der Waals surface area contributed by atoms with E-state index in [9.17, 15) is 4.79 Å². The third-order valence-electron chi connectivity index (χ3n) is 4.24. The molecular formula is C24H24N2O4. The van der Waals surface area contributed by atoms with Crippen LogP contribution in [0.15, 0.2) is 77.9 Å². The van der Waals surface area contributed by atoms with Crippen molar-refractivity contribution in [3.63, 3.8) is 0 Å². The molecule has 0 fully saturated rings. The number of rotatable bonds is 9. The number of aryl methyl sites for hydroxylation is 1. The predicted molar refractivity (Wildman–Crippen MR) is 116 cm³/mol. The van der Waals surface area contributed by atoms with E-state index in [0.29, 0.717) is 12.4 Å². The summed E-state index contributed by atoms with van der Waals surface area (Å²) in [6.07, 6.45) is 1.56. The highest BCUT2D eigenvalue weighted by Crippen LogP contribution is 2.17. The van der Waals surface area contributed by atoms with E-state index in [4.69, 9.17) is 14.2 Å². The SMILES string of the molecule is COc1ccc(OCC(=O)N/N=C/c2ccc(OCc3ccc(C)cc3)cc2)cc1. The number of carbonyl (C=O) groups excluding carboxylic acids is 1. The first kappa shape index (κ1) is 20.9. The zero-order valence-electron chi connectivity index (χ0n) is 17.0. The number of hydrogen-bond acceptors (Lipinski definition) is 5. The molecule has 3 aromatic rings. The van der Waals surface area contributed by atoms with Crippen LogP contribution < -0.4 is 19.6 Å². The number of nitrogens with zero attached hydrogens (tertiary/aromatic N) is 1. The number of nitrogens with one attached hydrogen (secondary N) is 1. The summed E-state index contributed by atoms with van der Waals surface area (Å²) < 4.78 is 16.3. The molecule has 1 N–H and O–H groups in total. The first-order valence-corrected chi connectivity index (χ1v) is 9.49. The van der Waals surface area contributed by atoms with Crippen LogP contribution in [0.4, 0.5) is 0 Å². The van der Waals surface area contributed by atoms with Gasteiger partial charge in [0.15, 0.2) is 6.61 Å². The van der Waals surface area contributed by atoms with Crippen molar-refractivity contribution in [2.75, 3.05) is 13.7 Å². The van der Waals surface area contributed by atoms with Gasteiger partial charge in [-0.15, -0.1) is 0 Å². The smallest absolute Gasteiger partial charge is 0.277 e. The molecule has 0 radical (unpaired) electrons. The van der Waals surface area contributed by atoms with Crippen LogP contribution in [0, 0.1) is 6.92 Å². The van der Waals surface area contributed by atoms with Crippen LogP contribution >= 0.6 is 0 Å². The first-order chi connectivity index (χ1) is 14.6. The van der Waals surface area contributed by atoms with E-state index < -0.39 is 0 Å². The highest BCUT2D eigenvalue weighted by atomic mass is 16.5. The van der Waals surface area contributed by atoms with Gasteiger partial charge in [0.25, 0.3) is 5.91 Å². The molecule has 0 heterocycles. The number of hydrogen-bond donors (Lipinski definition) is 1. The second kappa shape index (κ2) is 10.7. The lowest BCUT2D eigenvalue weighted by Crippen LogP contribution is -2.24. The third kappa shape index (κ3) is 6.67. The lowest BCUT2D eigenvalue weighted by molar-refractivity contribution is -0.123. The van der Waals surface area contributed by atoms with E-state index in [1.54, 1.807) is 37.6 Å². The molecule has 0 bridgehead atoms. The number of benzene rings is 3. The van der Waals surface area contributed by atoms with Gasteiger partial charge in [-0.25, -0.2) is 5.43 Å². The van der Waals surface area contributed by atoms with Gasteiger partial charge >= 0.3 is 0 Å². The lowest BCUT2D eigenvalue weighted by atomic mass is 10.2. The monoisotopic (exact) mass is 404 g/mol. The Labute approximate surface area is 176 Å². The minimum atomic E-state index is -0.347. The van der Waals surface area contributed by atoms with Gasteiger partial charge in [0, 0.05) is 0 Å². The van der Waals surface area contributed by atoms with Crippen molar-refractivity contribution in [1.29, 1.82) is 0 Å². The molecule has 6 heteroatoms. The molecule has 30 heavy (non-hydrogen) atoms. The summed E-state index contributed by atoms with van der Waals surface area (Å²) in [5, 5.41) is 3.95. The molecule has 0 aliphatic carbocycles. The first-order valence-electron chi connectivity index (χ1n) is 9.49. The molecule has 0 aliphatic rings. The molecule has 0 spiro atoms. The fourth-order valence-corrected chi connectivity index (χ4v) is 2.53. The average Bonchev–Trinajstić information content (AvgIpc) is 2.78. The second-order valence-corrected chi connectivity index (χ2v) is 6.60. The summed E-state index contributed by atoms with van der Waals surface area (Å²) in [7, 11) is 1.59. The molecule has 154 valence electrons. The Morgan fingerprint density at radius 2 is 1.47 bits per heavy atom. The maximum absolute atomic E-state index is 11.8. The number of ether oxygens (including phenoxy) is 3. The van der Waals surface area contributed by atoms with Crippen LogP contribution in [0.1, 0.15) is 16.7 Å². The molecule has 0 aliphatic heterocycles. The fraction of sp³-hybridized carbons (Fsp3) is 0.167. The molecule has 0 saturated carbocycles. The molecule has 1 amide bonds. The van der Waals surface area contributed by atoms with Crippen LogP contribution in [0.2, 0.25) is 0 Å². The largest absolute Gasteiger partial charge is 0.497 e. The Balaban J connectivity index is 1.40. The van der Waals surface area contributed by atoms with Crippen molar-refractivity contribution >= 4 is 12.1 Å². The maximum atomic E-state index is 11.8. The Morgan fingerprint density at radius 3 is 2.13 bits per heavy atom. The van der Waals surface area contributed by atoms with E-state index in [1.165, 1.54) is 5.56 Å². The van der Waals surface area contributed by atoms with Crippen molar-refractivity contribution < 1.29 is 19.0 Å². The summed E-state index contributed by atoms with van der Waals surface area (Å²) in [5.41, 5.74) is 5.62. The van der Waals surface area contributed by atoms with Crippen LogP contribution in [-0.4, -0.2) is 25.8 Å². The summed E-state index contributed by atoms with van der Waals surface area (Å²) in [5.74, 6) is 1.73. The number of amides is 1. The topological polar surface area (TPSA) is 69.2 Å². The molecular weight excluding hydrogens is 380 g/mol. The molecule has 0 atom stereocenters. The summed E-state index contributed by atoms with van der Waals surface area (Å²) >= 11 is 0. The molecule has 0 aromatic heterocycles. The van der Waals surface area contributed by atoms with Gasteiger partial charge in [0.2, 0.25) is 0 Å². The van der Waals surface area contributed by atoms with Gasteiger partial charge in [-0.1, -0.05) is 29.8 Å². The van der Waals surface area contributed by atoms with Crippen LogP contribution in [0.3, 0.4) is 0 Å². The van der Waals surface area contributed by atoms with Crippen molar-refractivity contribution in [3.05, 3.63) is 89.5 Å². The molecule has 3 rings (SSSR count). The Morgan fingerprint density at radius 1 is 0.867 bits per heavy atom. The van der Waals surface area contributed by atoms with Crippen molar-refractivity contribution in [2.24, 2.45) is 5.10 Å². The van der Waals surface area contributed by atoms with Gasteiger partial charge in [-0.2, -0.15) is 5.10 Å². The van der Waals surface area contributed by atoms with Gasteiger partial charge in [0.05, 0.1) is 13.3 Å². The number of hydrazone groups is 1. The molecule has 6 nitrogen and oxygen atoms in total. The Kier molecular flexibility index (Phi) is 7.44. The van der Waals surface area contributed by atoms with Gasteiger partial charge in [0.1, 0.15) is 23.9 Å². The molecule has 0 unspecified atom stereocenters. The maximum Gasteiger partial charge on any atom is 0.277 e. The predicted octanol–water partition coefficient (Wildman–Crippen LogP) is 4.11. The highest BCUT2D eigenvalue weighted by Gasteiger charge is 2.02. The normalized spacial score (nSPS) is 10.6. The van der Waals surface area contributed by atoms with Gasteiger partial charge in [-0.3, -0.25) is 4.79 Å². The van der Waals surface area contributed by atoms with Gasteiger partial charge in [-0.05, 0) is 66.6 Å². The van der Waals surface area contributed by atoms with E-state index in [-0.39, 0.29) is 12.5 Å². The van der Waals surface area contributed by atoms with E-state index >= 15 is 0 Å². The van der Waals surface area contributed by atoms with E-state index in [1.807, 2.05) is 24.3 Å². The zero-order valence-corrected chi connectivity index (χ0v) is 17.0. The standard InChI is InChI=1S/C24H24N2O4/c1-18-3-5-20(6-4-18)16-29-22-9-7-19(8-10-22)15-25-26-24(27)17-30-23-13-11-21(28-2)12-14-23/h3-15H,16-17H2,1-2H3,(H,26,27)/b25-15+.